The van der Waals surface area contributed by atoms with Gasteiger partial charge in [-0.05, 0) is 43.5 Å². The van der Waals surface area contributed by atoms with Gasteiger partial charge in [0.15, 0.2) is 0 Å². The lowest BCUT2D eigenvalue weighted by molar-refractivity contribution is -0.114. The number of ether oxygens (including phenoxy) is 1. The van der Waals surface area contributed by atoms with Crippen LogP contribution in [0, 0.1) is 20.8 Å². The predicted octanol–water partition coefficient (Wildman–Crippen LogP) is 2.58. The minimum absolute atomic E-state index is 0.0502. The van der Waals surface area contributed by atoms with E-state index in [4.69, 9.17) is 4.74 Å². The van der Waals surface area contributed by atoms with E-state index in [9.17, 15) is 4.79 Å². The molecule has 0 heterocycles. The van der Waals surface area contributed by atoms with Crippen molar-refractivity contribution in [1.82, 2.24) is 0 Å². The summed E-state index contributed by atoms with van der Waals surface area (Å²) in [5.74, 6) is 0.810. The summed E-state index contributed by atoms with van der Waals surface area (Å²) in [6.07, 6.45) is 0. The molecule has 3 heteroatoms. The van der Waals surface area contributed by atoms with Crippen molar-refractivity contribution in [3.63, 3.8) is 0 Å². The number of rotatable bonds is 2. The smallest absolute Gasteiger partial charge is 0.221 e. The summed E-state index contributed by atoms with van der Waals surface area (Å²) in [6.45, 7) is 7.44. The second-order valence-corrected chi connectivity index (χ2v) is 3.70. The lowest BCUT2D eigenvalue weighted by Gasteiger charge is -2.15. The number of benzene rings is 1. The molecule has 0 saturated heterocycles. The van der Waals surface area contributed by atoms with E-state index in [-0.39, 0.29) is 5.91 Å². The molecule has 0 aliphatic rings. The van der Waals surface area contributed by atoms with Gasteiger partial charge < -0.3 is 10.1 Å². The molecule has 0 unspecified atom stereocenters. The minimum Gasteiger partial charge on any atom is -0.496 e. The molecule has 1 N–H and O–H groups in total. The van der Waals surface area contributed by atoms with Crippen molar-refractivity contribution in [1.29, 1.82) is 0 Å². The highest BCUT2D eigenvalue weighted by Crippen LogP contribution is 2.30. The maximum atomic E-state index is 11.0. The number of aryl methyl sites for hydroxylation is 1. The summed E-state index contributed by atoms with van der Waals surface area (Å²) >= 11 is 0. The molecule has 1 aromatic rings. The van der Waals surface area contributed by atoms with E-state index in [2.05, 4.69) is 5.32 Å². The van der Waals surface area contributed by atoms with Crippen LogP contribution in [0.25, 0.3) is 0 Å². The predicted molar refractivity (Wildman–Crippen MR) is 61.5 cm³/mol. The first kappa shape index (κ1) is 11.6. The summed E-state index contributed by atoms with van der Waals surface area (Å²) in [5.41, 5.74) is 4.03. The van der Waals surface area contributed by atoms with Crippen molar-refractivity contribution in [3.05, 3.63) is 22.8 Å². The van der Waals surface area contributed by atoms with Crippen molar-refractivity contribution in [2.45, 2.75) is 27.7 Å². The Balaban J connectivity index is 3.29. The Morgan fingerprint density at radius 1 is 1.27 bits per heavy atom. The SMILES string of the molecule is COc1cc(C)c(NC(C)=O)c(C)c1C. The monoisotopic (exact) mass is 207 g/mol. The van der Waals surface area contributed by atoms with Crippen LogP contribution in [0.2, 0.25) is 0 Å². The van der Waals surface area contributed by atoms with E-state index in [0.29, 0.717) is 0 Å². The topological polar surface area (TPSA) is 38.3 Å². The fourth-order valence-electron chi connectivity index (χ4n) is 1.63. The van der Waals surface area contributed by atoms with Gasteiger partial charge >= 0.3 is 0 Å². The summed E-state index contributed by atoms with van der Waals surface area (Å²) < 4.78 is 5.25. The summed E-state index contributed by atoms with van der Waals surface area (Å²) in [7, 11) is 1.65. The van der Waals surface area contributed by atoms with E-state index in [1.165, 1.54) is 6.92 Å². The maximum absolute atomic E-state index is 11.0. The lowest BCUT2D eigenvalue weighted by atomic mass is 10.0. The number of hydrogen-bond acceptors (Lipinski definition) is 2. The zero-order valence-electron chi connectivity index (χ0n) is 9.89. The Morgan fingerprint density at radius 3 is 2.33 bits per heavy atom. The van der Waals surface area contributed by atoms with Gasteiger partial charge in [0, 0.05) is 12.6 Å². The summed E-state index contributed by atoms with van der Waals surface area (Å²) in [4.78, 5) is 11.0. The molecule has 1 rings (SSSR count). The van der Waals surface area contributed by atoms with Gasteiger partial charge in [-0.3, -0.25) is 4.79 Å². The maximum Gasteiger partial charge on any atom is 0.221 e. The highest BCUT2D eigenvalue weighted by Gasteiger charge is 2.11. The molecule has 0 fully saturated rings. The Bertz CT molecular complexity index is 397. The van der Waals surface area contributed by atoms with Crippen LogP contribution >= 0.6 is 0 Å². The molecule has 82 valence electrons. The minimum atomic E-state index is -0.0502. The molecule has 0 spiro atoms. The van der Waals surface area contributed by atoms with Gasteiger partial charge in [0.2, 0.25) is 5.91 Å². The van der Waals surface area contributed by atoms with Crippen LogP contribution < -0.4 is 10.1 Å². The molecular formula is C12H17NO2. The second kappa shape index (κ2) is 4.34. The molecule has 0 atom stereocenters. The number of anilines is 1. The lowest BCUT2D eigenvalue weighted by Crippen LogP contribution is -2.09. The van der Waals surface area contributed by atoms with Crippen molar-refractivity contribution in [2.75, 3.05) is 12.4 Å². The van der Waals surface area contributed by atoms with Crippen LogP contribution in [0.4, 0.5) is 5.69 Å². The highest BCUT2D eigenvalue weighted by atomic mass is 16.5. The highest BCUT2D eigenvalue weighted by molar-refractivity contribution is 5.91. The van der Waals surface area contributed by atoms with Crippen molar-refractivity contribution < 1.29 is 9.53 Å². The standard InChI is InChI=1S/C12H17NO2/c1-7-6-11(15-5)8(2)9(3)12(7)13-10(4)14/h6H,1-5H3,(H,13,14). The second-order valence-electron chi connectivity index (χ2n) is 3.70. The largest absolute Gasteiger partial charge is 0.496 e. The molecule has 0 aromatic heterocycles. The zero-order chi connectivity index (χ0) is 11.6. The van der Waals surface area contributed by atoms with Crippen LogP contribution in [0.5, 0.6) is 5.75 Å². The Hall–Kier alpha value is -1.51. The third kappa shape index (κ3) is 2.29. The van der Waals surface area contributed by atoms with E-state index in [1.54, 1.807) is 7.11 Å². The molecule has 1 amide bonds. The number of nitrogens with one attached hydrogen (secondary N) is 1. The van der Waals surface area contributed by atoms with Crippen LogP contribution in [0.15, 0.2) is 6.07 Å². The van der Waals surface area contributed by atoms with Crippen LogP contribution in [0.3, 0.4) is 0 Å². The normalized spacial score (nSPS) is 9.93. The van der Waals surface area contributed by atoms with Gasteiger partial charge in [0.05, 0.1) is 7.11 Å². The van der Waals surface area contributed by atoms with Gasteiger partial charge in [-0.1, -0.05) is 0 Å². The van der Waals surface area contributed by atoms with E-state index < -0.39 is 0 Å². The number of methoxy groups -OCH3 is 1. The molecule has 0 radical (unpaired) electrons. The van der Waals surface area contributed by atoms with Gasteiger partial charge in [-0.25, -0.2) is 0 Å². The van der Waals surface area contributed by atoms with Gasteiger partial charge in [-0.15, -0.1) is 0 Å². The van der Waals surface area contributed by atoms with Gasteiger partial charge in [0.1, 0.15) is 5.75 Å². The number of hydrogen-bond donors (Lipinski definition) is 1. The Kier molecular flexibility index (Phi) is 3.35. The molecule has 0 aliphatic carbocycles. The van der Waals surface area contributed by atoms with E-state index in [1.807, 2.05) is 26.8 Å². The van der Waals surface area contributed by atoms with Crippen molar-refractivity contribution in [2.24, 2.45) is 0 Å². The van der Waals surface area contributed by atoms with Gasteiger partial charge in [0.25, 0.3) is 0 Å². The molecule has 1 aromatic carbocycles. The summed E-state index contributed by atoms with van der Waals surface area (Å²) in [5, 5.41) is 2.84. The fraction of sp³-hybridized carbons (Fsp3) is 0.417. The molecule has 0 aliphatic heterocycles. The van der Waals surface area contributed by atoms with Crippen molar-refractivity contribution in [3.8, 4) is 5.75 Å². The molecule has 0 bridgehead atoms. The van der Waals surface area contributed by atoms with Crippen LogP contribution in [-0.4, -0.2) is 13.0 Å². The zero-order valence-corrected chi connectivity index (χ0v) is 9.89. The third-order valence-corrected chi connectivity index (χ3v) is 2.57. The number of carbonyl (C=O) groups excluding carboxylic acids is 1. The molecule has 15 heavy (non-hydrogen) atoms. The van der Waals surface area contributed by atoms with E-state index in [0.717, 1.165) is 28.1 Å². The first-order valence-corrected chi connectivity index (χ1v) is 4.89. The Labute approximate surface area is 90.4 Å². The van der Waals surface area contributed by atoms with E-state index >= 15 is 0 Å². The number of amides is 1. The molecular weight excluding hydrogens is 190 g/mol. The van der Waals surface area contributed by atoms with Crippen molar-refractivity contribution >= 4 is 11.6 Å². The average Bonchev–Trinajstić information content (AvgIpc) is 2.18. The Morgan fingerprint density at radius 2 is 1.87 bits per heavy atom. The first-order chi connectivity index (χ1) is 6.97. The number of carbonyl (C=O) groups is 1. The fourth-order valence-corrected chi connectivity index (χ4v) is 1.63. The quantitative estimate of drug-likeness (QED) is 0.809. The first-order valence-electron chi connectivity index (χ1n) is 4.89. The van der Waals surface area contributed by atoms with Crippen LogP contribution in [0.1, 0.15) is 23.6 Å². The van der Waals surface area contributed by atoms with Gasteiger partial charge in [-0.2, -0.15) is 0 Å². The molecule has 3 nitrogen and oxygen atoms in total. The summed E-state index contributed by atoms with van der Waals surface area (Å²) in [6, 6.07) is 1.94. The third-order valence-electron chi connectivity index (χ3n) is 2.57. The average molecular weight is 207 g/mol. The van der Waals surface area contributed by atoms with Crippen LogP contribution in [-0.2, 0) is 4.79 Å². The molecule has 0 saturated carbocycles.